The van der Waals surface area contributed by atoms with Crippen LogP contribution in [0.15, 0.2) is 29.4 Å². The molecule has 0 fully saturated rings. The summed E-state index contributed by atoms with van der Waals surface area (Å²) in [6.07, 6.45) is -0.325. The number of hydrogen-bond acceptors (Lipinski definition) is 4. The second-order valence-corrected chi connectivity index (χ2v) is 4.62. The van der Waals surface area contributed by atoms with E-state index in [1.807, 2.05) is 0 Å². The van der Waals surface area contributed by atoms with Crippen molar-refractivity contribution in [1.29, 1.82) is 0 Å². The summed E-state index contributed by atoms with van der Waals surface area (Å²) >= 11 is 0. The number of carbonyl (C=O) groups excluding carboxylic acids is 3. The van der Waals surface area contributed by atoms with Crippen molar-refractivity contribution in [2.45, 2.75) is 20.3 Å². The third-order valence-electron chi connectivity index (χ3n) is 2.96. The number of ketones is 2. The van der Waals surface area contributed by atoms with Gasteiger partial charge in [0.25, 0.3) is 5.91 Å². The molecular weight excluding hydrogens is 263 g/mol. The molecule has 1 aromatic rings. The van der Waals surface area contributed by atoms with Gasteiger partial charge in [-0.1, -0.05) is 12.1 Å². The van der Waals surface area contributed by atoms with Crippen LogP contribution in [0.4, 0.5) is 10.1 Å². The Labute approximate surface area is 115 Å². The van der Waals surface area contributed by atoms with Gasteiger partial charge in [-0.15, -0.1) is 0 Å². The van der Waals surface area contributed by atoms with Crippen LogP contribution in [-0.4, -0.2) is 23.2 Å². The number of anilines is 1. The molecule has 0 aromatic heterocycles. The van der Waals surface area contributed by atoms with E-state index in [2.05, 4.69) is 5.10 Å². The SMILES string of the molecule is CC(=O)CC(=O)C1C(=O)N(c2ccccc2F)N=C1C. The average molecular weight is 276 g/mol. The highest BCUT2D eigenvalue weighted by Gasteiger charge is 2.40. The number of carbonyl (C=O) groups is 3. The van der Waals surface area contributed by atoms with Crippen molar-refractivity contribution < 1.29 is 18.8 Å². The maximum atomic E-state index is 13.7. The number of rotatable bonds is 4. The molecular formula is C14H13FN2O3. The summed E-state index contributed by atoms with van der Waals surface area (Å²) in [6.45, 7) is 2.79. The van der Waals surface area contributed by atoms with Gasteiger partial charge in [-0.25, -0.2) is 4.39 Å². The summed E-state index contributed by atoms with van der Waals surface area (Å²) in [4.78, 5) is 35.1. The van der Waals surface area contributed by atoms with Gasteiger partial charge in [0, 0.05) is 0 Å². The molecule has 0 N–H and O–H groups in total. The minimum atomic E-state index is -1.10. The van der Waals surface area contributed by atoms with E-state index in [0.717, 1.165) is 5.01 Å². The summed E-state index contributed by atoms with van der Waals surface area (Å²) < 4.78 is 13.7. The Kier molecular flexibility index (Phi) is 3.74. The molecule has 1 atom stereocenters. The maximum absolute atomic E-state index is 13.7. The number of para-hydroxylation sites is 1. The summed E-state index contributed by atoms with van der Waals surface area (Å²) in [6, 6.07) is 5.68. The highest BCUT2D eigenvalue weighted by Crippen LogP contribution is 2.27. The fourth-order valence-corrected chi connectivity index (χ4v) is 2.08. The number of benzene rings is 1. The van der Waals surface area contributed by atoms with Crippen LogP contribution in [0.1, 0.15) is 20.3 Å². The molecule has 104 valence electrons. The third kappa shape index (κ3) is 2.49. The molecule has 1 aliphatic rings. The van der Waals surface area contributed by atoms with E-state index in [4.69, 9.17) is 0 Å². The van der Waals surface area contributed by atoms with Gasteiger partial charge in [0.15, 0.2) is 5.78 Å². The first-order valence-electron chi connectivity index (χ1n) is 6.07. The number of halogens is 1. The zero-order valence-electron chi connectivity index (χ0n) is 11.1. The van der Waals surface area contributed by atoms with Gasteiger partial charge >= 0.3 is 0 Å². The highest BCUT2D eigenvalue weighted by molar-refractivity contribution is 6.28. The third-order valence-corrected chi connectivity index (χ3v) is 2.96. The minimum absolute atomic E-state index is 0.00465. The Morgan fingerprint density at radius 3 is 2.60 bits per heavy atom. The van der Waals surface area contributed by atoms with Gasteiger partial charge < -0.3 is 0 Å². The van der Waals surface area contributed by atoms with Gasteiger partial charge in [-0.2, -0.15) is 10.1 Å². The first-order valence-corrected chi connectivity index (χ1v) is 6.07. The summed E-state index contributed by atoms with van der Waals surface area (Å²) in [5, 5.41) is 4.82. The molecule has 0 saturated heterocycles. The van der Waals surface area contributed by atoms with Crippen LogP contribution in [0.3, 0.4) is 0 Å². The molecule has 0 radical (unpaired) electrons. The second kappa shape index (κ2) is 5.32. The van der Waals surface area contributed by atoms with E-state index in [9.17, 15) is 18.8 Å². The smallest absolute Gasteiger partial charge is 0.263 e. The van der Waals surface area contributed by atoms with Crippen LogP contribution in [-0.2, 0) is 14.4 Å². The Balaban J connectivity index is 2.30. The lowest BCUT2D eigenvalue weighted by Crippen LogP contribution is -2.33. The molecule has 1 aromatic carbocycles. The van der Waals surface area contributed by atoms with Crippen molar-refractivity contribution in [3.63, 3.8) is 0 Å². The van der Waals surface area contributed by atoms with Gasteiger partial charge in [-0.05, 0) is 26.0 Å². The molecule has 1 amide bonds. The topological polar surface area (TPSA) is 66.8 Å². The number of nitrogens with zero attached hydrogens (tertiary/aromatic N) is 2. The molecule has 5 nitrogen and oxygen atoms in total. The van der Waals surface area contributed by atoms with E-state index >= 15 is 0 Å². The van der Waals surface area contributed by atoms with Crippen LogP contribution in [0.25, 0.3) is 0 Å². The van der Waals surface area contributed by atoms with Crippen LogP contribution in [0.5, 0.6) is 0 Å². The standard InChI is InChI=1S/C14H13FN2O3/c1-8(18)7-12(19)13-9(2)16-17(14(13)20)11-6-4-3-5-10(11)15/h3-6,13H,7H2,1-2H3. The Morgan fingerprint density at radius 1 is 1.35 bits per heavy atom. The molecule has 20 heavy (non-hydrogen) atoms. The summed E-state index contributed by atoms with van der Waals surface area (Å²) in [5.41, 5.74) is 0.263. The first-order chi connectivity index (χ1) is 9.41. The lowest BCUT2D eigenvalue weighted by Gasteiger charge is -2.14. The van der Waals surface area contributed by atoms with Crippen molar-refractivity contribution in [3.8, 4) is 0 Å². The molecule has 0 aliphatic carbocycles. The van der Waals surface area contributed by atoms with Crippen LogP contribution in [0, 0.1) is 11.7 Å². The van der Waals surface area contributed by atoms with Crippen LogP contribution in [0.2, 0.25) is 0 Å². The van der Waals surface area contributed by atoms with Crippen molar-refractivity contribution in [1.82, 2.24) is 0 Å². The first kappa shape index (κ1) is 14.0. The molecule has 0 spiro atoms. The lowest BCUT2D eigenvalue weighted by atomic mass is 9.96. The van der Waals surface area contributed by atoms with E-state index in [1.54, 1.807) is 6.07 Å². The molecule has 2 rings (SSSR count). The molecule has 1 unspecified atom stereocenters. The van der Waals surface area contributed by atoms with E-state index < -0.39 is 23.4 Å². The van der Waals surface area contributed by atoms with Crippen molar-refractivity contribution >= 4 is 28.9 Å². The van der Waals surface area contributed by atoms with E-state index in [1.165, 1.54) is 32.0 Å². The number of amides is 1. The summed E-state index contributed by atoms with van der Waals surface area (Å²) in [5.74, 6) is -3.16. The van der Waals surface area contributed by atoms with Crippen molar-refractivity contribution in [3.05, 3.63) is 30.1 Å². The van der Waals surface area contributed by atoms with Gasteiger partial charge in [0.2, 0.25) is 0 Å². The molecule has 0 bridgehead atoms. The minimum Gasteiger partial charge on any atom is -0.300 e. The Bertz CT molecular complexity index is 625. The monoisotopic (exact) mass is 276 g/mol. The maximum Gasteiger partial charge on any atom is 0.263 e. The molecule has 1 aliphatic heterocycles. The van der Waals surface area contributed by atoms with Gasteiger partial charge in [0.1, 0.15) is 23.2 Å². The zero-order valence-corrected chi connectivity index (χ0v) is 11.1. The fraction of sp³-hybridized carbons (Fsp3) is 0.286. The second-order valence-electron chi connectivity index (χ2n) is 4.62. The number of Topliss-reactive ketones (excluding diaryl/α,β-unsaturated/α-hetero) is 2. The zero-order chi connectivity index (χ0) is 14.9. The number of hydrazone groups is 1. The van der Waals surface area contributed by atoms with E-state index in [-0.39, 0.29) is 23.6 Å². The Hall–Kier alpha value is -2.37. The number of hydrogen-bond donors (Lipinski definition) is 0. The van der Waals surface area contributed by atoms with Crippen molar-refractivity contribution in [2.24, 2.45) is 11.0 Å². The Morgan fingerprint density at radius 2 is 2.00 bits per heavy atom. The molecule has 1 heterocycles. The molecule has 0 saturated carbocycles. The molecule has 6 heteroatoms. The predicted molar refractivity (Wildman–Crippen MR) is 70.8 cm³/mol. The summed E-state index contributed by atoms with van der Waals surface area (Å²) in [7, 11) is 0. The van der Waals surface area contributed by atoms with Gasteiger partial charge in [-0.3, -0.25) is 14.4 Å². The highest BCUT2D eigenvalue weighted by atomic mass is 19.1. The fourth-order valence-electron chi connectivity index (χ4n) is 2.08. The quantitative estimate of drug-likeness (QED) is 0.786. The average Bonchev–Trinajstić information content (AvgIpc) is 2.64. The normalized spacial score (nSPS) is 18.1. The largest absolute Gasteiger partial charge is 0.300 e. The van der Waals surface area contributed by atoms with Crippen molar-refractivity contribution in [2.75, 3.05) is 5.01 Å². The van der Waals surface area contributed by atoms with Crippen LogP contribution < -0.4 is 5.01 Å². The van der Waals surface area contributed by atoms with E-state index in [0.29, 0.717) is 0 Å². The van der Waals surface area contributed by atoms with Crippen LogP contribution >= 0.6 is 0 Å². The van der Waals surface area contributed by atoms with Gasteiger partial charge in [0.05, 0.1) is 12.1 Å². The lowest BCUT2D eigenvalue weighted by molar-refractivity contribution is -0.131. The predicted octanol–water partition coefficient (Wildman–Crippen LogP) is 1.71.